The van der Waals surface area contributed by atoms with Crippen LogP contribution in [0, 0.1) is 5.92 Å². The lowest BCUT2D eigenvalue weighted by atomic mass is 9.93. The van der Waals surface area contributed by atoms with E-state index in [0.717, 1.165) is 4.57 Å². The van der Waals surface area contributed by atoms with E-state index in [0.29, 0.717) is 43.9 Å². The third-order valence-electron chi connectivity index (χ3n) is 7.82. The van der Waals surface area contributed by atoms with E-state index >= 15 is 0 Å². The molecular formula is C32H35Cl2F3N4O5. The minimum Gasteiger partial charge on any atom is -0.492 e. The second-order valence-corrected chi connectivity index (χ2v) is 13.1. The van der Waals surface area contributed by atoms with Gasteiger partial charge in [0.1, 0.15) is 23.6 Å². The first kappa shape index (κ1) is 34.0. The summed E-state index contributed by atoms with van der Waals surface area (Å²) in [5.74, 6) is -1.64. The van der Waals surface area contributed by atoms with Gasteiger partial charge in [-0.1, -0.05) is 35.3 Å². The smallest absolute Gasteiger partial charge is 0.452 e. The lowest BCUT2D eigenvalue weighted by Gasteiger charge is -2.33. The molecule has 2 aliphatic heterocycles. The van der Waals surface area contributed by atoms with Crippen molar-refractivity contribution in [1.29, 1.82) is 0 Å². The van der Waals surface area contributed by atoms with Gasteiger partial charge in [-0.15, -0.1) is 10.2 Å². The van der Waals surface area contributed by atoms with Gasteiger partial charge in [-0.3, -0.25) is 14.2 Å². The second kappa shape index (κ2) is 13.4. The van der Waals surface area contributed by atoms with Crippen molar-refractivity contribution in [3.63, 3.8) is 0 Å². The number of hydrogen-bond acceptors (Lipinski definition) is 7. The Hall–Kier alpha value is -3.35. The van der Waals surface area contributed by atoms with Gasteiger partial charge in [-0.2, -0.15) is 13.2 Å². The van der Waals surface area contributed by atoms with Crippen LogP contribution in [-0.4, -0.2) is 56.8 Å². The molecule has 0 spiro atoms. The third-order valence-corrected chi connectivity index (χ3v) is 8.46. The Morgan fingerprint density at radius 3 is 2.39 bits per heavy atom. The van der Waals surface area contributed by atoms with Gasteiger partial charge in [0.15, 0.2) is 5.82 Å². The number of amides is 1. The maximum Gasteiger partial charge on any atom is 0.452 e. The van der Waals surface area contributed by atoms with Crippen molar-refractivity contribution in [3.8, 4) is 11.4 Å². The largest absolute Gasteiger partial charge is 0.492 e. The molecule has 0 radical (unpaired) electrons. The molecule has 0 N–H and O–H groups in total. The average Bonchev–Trinajstić information content (AvgIpc) is 3.37. The van der Waals surface area contributed by atoms with Crippen LogP contribution >= 0.6 is 23.2 Å². The number of piperidine rings is 1. The molecular weight excluding hydrogens is 648 g/mol. The molecule has 14 heteroatoms. The summed E-state index contributed by atoms with van der Waals surface area (Å²) in [5.41, 5.74) is 0.213. The van der Waals surface area contributed by atoms with Crippen LogP contribution in [0.2, 0.25) is 10.0 Å². The highest BCUT2D eigenvalue weighted by Crippen LogP contribution is 2.46. The molecule has 0 bridgehead atoms. The number of hydrogen-bond donors (Lipinski definition) is 0. The summed E-state index contributed by atoms with van der Waals surface area (Å²) in [6.07, 6.45) is -6.04. The minimum absolute atomic E-state index is 0.0499. The number of benzene rings is 2. The number of aromatic nitrogens is 3. The van der Waals surface area contributed by atoms with Gasteiger partial charge in [0, 0.05) is 35.7 Å². The van der Waals surface area contributed by atoms with Gasteiger partial charge in [0.25, 0.3) is 0 Å². The predicted molar refractivity (Wildman–Crippen MR) is 164 cm³/mol. The normalized spacial score (nSPS) is 18.8. The SMILES string of the molecule is CCOc1cccc([C@H]2O[C@H](CC(=O)N3CCC(CC(=O)OC(C)(C)C)CC3)c3nnc(C(F)(F)F)n3-c3ccc(Cl)cc32)c1Cl. The molecule has 1 fully saturated rings. The van der Waals surface area contributed by atoms with Crippen LogP contribution in [0.25, 0.3) is 5.69 Å². The summed E-state index contributed by atoms with van der Waals surface area (Å²) in [6.45, 7) is 8.30. The lowest BCUT2D eigenvalue weighted by Crippen LogP contribution is -2.40. The number of esters is 1. The van der Waals surface area contributed by atoms with Crippen LogP contribution in [0.4, 0.5) is 13.2 Å². The van der Waals surface area contributed by atoms with Crippen molar-refractivity contribution in [2.45, 2.75) is 77.4 Å². The molecule has 2 aliphatic rings. The fourth-order valence-electron chi connectivity index (χ4n) is 5.83. The van der Waals surface area contributed by atoms with E-state index < -0.39 is 29.8 Å². The Balaban J connectivity index is 1.47. The van der Waals surface area contributed by atoms with Gasteiger partial charge < -0.3 is 19.1 Å². The second-order valence-electron chi connectivity index (χ2n) is 12.3. The Labute approximate surface area is 274 Å². The first-order valence-electron chi connectivity index (χ1n) is 15.0. The highest BCUT2D eigenvalue weighted by atomic mass is 35.5. The molecule has 3 heterocycles. The van der Waals surface area contributed by atoms with Crippen LogP contribution in [0.3, 0.4) is 0 Å². The van der Waals surface area contributed by atoms with Gasteiger partial charge >= 0.3 is 12.1 Å². The van der Waals surface area contributed by atoms with E-state index in [1.807, 2.05) is 20.8 Å². The van der Waals surface area contributed by atoms with E-state index in [1.54, 1.807) is 30.0 Å². The molecule has 0 aliphatic carbocycles. The molecule has 2 atom stereocenters. The van der Waals surface area contributed by atoms with Crippen molar-refractivity contribution in [3.05, 3.63) is 69.2 Å². The zero-order valence-electron chi connectivity index (χ0n) is 25.9. The maximum atomic E-state index is 14.3. The Morgan fingerprint density at radius 1 is 1.02 bits per heavy atom. The molecule has 2 aromatic carbocycles. The summed E-state index contributed by atoms with van der Waals surface area (Å²) in [5, 5.41) is 7.86. The summed E-state index contributed by atoms with van der Waals surface area (Å²) in [6, 6.07) is 9.48. The Kier molecular flexibility index (Phi) is 9.91. The molecule has 5 rings (SSSR count). The van der Waals surface area contributed by atoms with E-state index in [9.17, 15) is 22.8 Å². The Morgan fingerprint density at radius 2 is 1.74 bits per heavy atom. The van der Waals surface area contributed by atoms with Crippen molar-refractivity contribution >= 4 is 35.1 Å². The molecule has 0 saturated carbocycles. The number of ether oxygens (including phenoxy) is 3. The van der Waals surface area contributed by atoms with Crippen molar-refractivity contribution in [2.75, 3.05) is 19.7 Å². The topological polar surface area (TPSA) is 95.8 Å². The molecule has 1 saturated heterocycles. The molecule has 9 nitrogen and oxygen atoms in total. The quantitative estimate of drug-likeness (QED) is 0.238. The maximum absolute atomic E-state index is 14.3. The van der Waals surface area contributed by atoms with E-state index in [-0.39, 0.29) is 57.8 Å². The standard InChI is InChI=1S/C32H35Cl2F3N4O5/c1-5-44-23-8-6-7-20(27(23)34)28-21-16-19(33)9-10-22(21)41-29(38-39-30(41)32(35,36)37)24(45-28)17-25(42)40-13-11-18(12-14-40)15-26(43)46-31(2,3)4/h6-10,16,18,24,28H,5,11-15,17H2,1-4H3/t24-,28-/m1/s1. The number of fused-ring (bicyclic) bond motifs is 3. The van der Waals surface area contributed by atoms with Crippen LogP contribution in [0.15, 0.2) is 36.4 Å². The van der Waals surface area contributed by atoms with E-state index in [2.05, 4.69) is 10.2 Å². The highest BCUT2D eigenvalue weighted by Gasteiger charge is 2.44. The summed E-state index contributed by atoms with van der Waals surface area (Å²) < 4.78 is 61.4. The number of carbonyl (C=O) groups is 2. The van der Waals surface area contributed by atoms with Crippen LogP contribution in [0.1, 0.15) is 88.4 Å². The van der Waals surface area contributed by atoms with Gasteiger partial charge in [0.05, 0.1) is 23.7 Å². The van der Waals surface area contributed by atoms with E-state index in [4.69, 9.17) is 37.4 Å². The van der Waals surface area contributed by atoms with Crippen molar-refractivity contribution in [2.24, 2.45) is 5.92 Å². The summed E-state index contributed by atoms with van der Waals surface area (Å²) >= 11 is 13.1. The highest BCUT2D eigenvalue weighted by molar-refractivity contribution is 6.33. The van der Waals surface area contributed by atoms with Crippen LogP contribution < -0.4 is 4.74 Å². The predicted octanol–water partition coefficient (Wildman–Crippen LogP) is 7.51. The van der Waals surface area contributed by atoms with Gasteiger partial charge in [-0.25, -0.2) is 0 Å². The lowest BCUT2D eigenvalue weighted by molar-refractivity contribution is -0.156. The fraction of sp³-hybridized carbons (Fsp3) is 0.500. The molecule has 1 amide bonds. The summed E-state index contributed by atoms with van der Waals surface area (Å²) in [7, 11) is 0. The molecule has 1 aromatic heterocycles. The average molecular weight is 684 g/mol. The number of nitrogens with zero attached hydrogens (tertiary/aromatic N) is 4. The minimum atomic E-state index is -4.86. The first-order chi connectivity index (χ1) is 21.7. The first-order valence-corrected chi connectivity index (χ1v) is 15.8. The number of likely N-dealkylation sites (tertiary alicyclic amines) is 1. The Bertz CT molecular complexity index is 1600. The summed E-state index contributed by atoms with van der Waals surface area (Å²) in [4.78, 5) is 27.7. The molecule has 3 aromatic rings. The number of alkyl halides is 3. The molecule has 46 heavy (non-hydrogen) atoms. The number of rotatable bonds is 7. The molecule has 0 unspecified atom stereocenters. The zero-order chi connectivity index (χ0) is 33.4. The zero-order valence-corrected chi connectivity index (χ0v) is 27.4. The van der Waals surface area contributed by atoms with Crippen LogP contribution in [-0.2, 0) is 25.2 Å². The molecule has 248 valence electrons. The van der Waals surface area contributed by atoms with E-state index in [1.165, 1.54) is 18.2 Å². The third kappa shape index (κ3) is 7.44. The van der Waals surface area contributed by atoms with Gasteiger partial charge in [0.2, 0.25) is 11.7 Å². The van der Waals surface area contributed by atoms with Crippen LogP contribution in [0.5, 0.6) is 5.75 Å². The number of carbonyl (C=O) groups excluding carboxylic acids is 2. The monoisotopic (exact) mass is 682 g/mol. The van der Waals surface area contributed by atoms with Crippen molar-refractivity contribution < 1.29 is 37.0 Å². The van der Waals surface area contributed by atoms with Gasteiger partial charge in [-0.05, 0) is 70.7 Å². The number of halogens is 5. The fourth-order valence-corrected chi connectivity index (χ4v) is 6.29. The van der Waals surface area contributed by atoms with Crippen molar-refractivity contribution in [1.82, 2.24) is 19.7 Å².